The van der Waals surface area contributed by atoms with Crippen LogP contribution >= 0.6 is 34.8 Å². The summed E-state index contributed by atoms with van der Waals surface area (Å²) in [6.07, 6.45) is -0.140. The van der Waals surface area contributed by atoms with E-state index in [0.29, 0.717) is 21.5 Å². The topological polar surface area (TPSA) is 32.3 Å². The van der Waals surface area contributed by atoms with Crippen LogP contribution in [0.15, 0.2) is 72.8 Å². The van der Waals surface area contributed by atoms with Crippen LogP contribution in [0.4, 0.5) is 5.69 Å². The van der Waals surface area contributed by atoms with E-state index in [2.05, 4.69) is 5.32 Å². The van der Waals surface area contributed by atoms with Crippen molar-refractivity contribution in [3.8, 4) is 0 Å². The first-order valence-electron chi connectivity index (χ1n) is 8.22. The third-order valence-corrected chi connectivity index (χ3v) is 4.93. The Kier molecular flexibility index (Phi) is 6.44. The van der Waals surface area contributed by atoms with Crippen molar-refractivity contribution in [2.75, 3.05) is 5.32 Å². The Morgan fingerprint density at radius 2 is 1.08 bits per heavy atom. The fourth-order valence-corrected chi connectivity index (χ4v) is 3.14. The van der Waals surface area contributed by atoms with E-state index >= 15 is 0 Å². The highest BCUT2D eigenvalue weighted by Crippen LogP contribution is 2.31. The van der Waals surface area contributed by atoms with Crippen molar-refractivity contribution in [3.63, 3.8) is 0 Å². The summed E-state index contributed by atoms with van der Waals surface area (Å²) < 4.78 is 0. The molecular weight excluding hydrogens is 389 g/mol. The minimum absolute atomic E-state index is 0.0980. The quantitative estimate of drug-likeness (QED) is 0.465. The third-order valence-electron chi connectivity index (χ3n) is 4.17. The van der Waals surface area contributed by atoms with Crippen molar-refractivity contribution in [3.05, 3.63) is 99.0 Å². The van der Waals surface area contributed by atoms with Crippen molar-refractivity contribution in [2.24, 2.45) is 0 Å². The van der Waals surface area contributed by atoms with Crippen LogP contribution in [0.1, 0.15) is 29.7 Å². The van der Waals surface area contributed by atoms with Gasteiger partial charge in [0.1, 0.15) is 0 Å². The maximum atomic E-state index is 10.7. The minimum Gasteiger partial charge on any atom is -0.388 e. The van der Waals surface area contributed by atoms with Gasteiger partial charge in [-0.3, -0.25) is 0 Å². The van der Waals surface area contributed by atoms with Crippen LogP contribution in [0.3, 0.4) is 0 Å². The average Bonchev–Trinajstić information content (AvgIpc) is 2.64. The molecule has 0 aromatic heterocycles. The maximum absolute atomic E-state index is 10.7. The molecule has 2 N–H and O–H groups in total. The van der Waals surface area contributed by atoms with Gasteiger partial charge in [0.25, 0.3) is 0 Å². The summed E-state index contributed by atoms with van der Waals surface area (Å²) in [7, 11) is 0. The Hall–Kier alpha value is -1.71. The molecule has 3 aromatic rings. The number of rotatable bonds is 6. The molecule has 0 aliphatic carbocycles. The second-order valence-electron chi connectivity index (χ2n) is 6.06. The first kappa shape index (κ1) is 19.1. The summed E-state index contributed by atoms with van der Waals surface area (Å²) in [6, 6.07) is 22.3. The zero-order valence-electron chi connectivity index (χ0n) is 13.9. The molecule has 0 heterocycles. The van der Waals surface area contributed by atoms with Gasteiger partial charge in [0.15, 0.2) is 0 Å². The van der Waals surface area contributed by atoms with Gasteiger partial charge >= 0.3 is 0 Å². The number of anilines is 1. The molecule has 0 fully saturated rings. The van der Waals surface area contributed by atoms with Gasteiger partial charge in [0, 0.05) is 27.2 Å². The molecular formula is C21H18Cl3NO. The second-order valence-corrected chi connectivity index (χ2v) is 7.37. The first-order valence-corrected chi connectivity index (χ1v) is 9.36. The number of aliphatic hydroxyl groups is 1. The normalized spacial score (nSPS) is 13.2. The van der Waals surface area contributed by atoms with Gasteiger partial charge in [0.05, 0.1) is 12.1 Å². The van der Waals surface area contributed by atoms with Crippen LogP contribution in [0, 0.1) is 0 Å². The molecule has 2 unspecified atom stereocenters. The van der Waals surface area contributed by atoms with Crippen molar-refractivity contribution in [2.45, 2.75) is 18.6 Å². The summed E-state index contributed by atoms with van der Waals surface area (Å²) in [5.41, 5.74) is 2.79. The Morgan fingerprint density at radius 3 is 1.58 bits per heavy atom. The number of hydrogen-bond acceptors (Lipinski definition) is 2. The van der Waals surface area contributed by atoms with Crippen molar-refractivity contribution in [1.29, 1.82) is 0 Å². The second kappa shape index (κ2) is 8.79. The summed E-state index contributed by atoms with van der Waals surface area (Å²) in [5, 5.41) is 16.2. The molecule has 134 valence electrons. The summed E-state index contributed by atoms with van der Waals surface area (Å²) in [6.45, 7) is 0. The number of halogens is 3. The molecule has 3 aromatic carbocycles. The van der Waals surface area contributed by atoms with Crippen LogP contribution in [0.5, 0.6) is 0 Å². The summed E-state index contributed by atoms with van der Waals surface area (Å²) in [4.78, 5) is 0. The van der Waals surface area contributed by atoms with Gasteiger partial charge in [-0.15, -0.1) is 0 Å². The fourth-order valence-electron chi connectivity index (χ4n) is 2.77. The van der Waals surface area contributed by atoms with E-state index in [1.54, 1.807) is 12.1 Å². The molecule has 0 aliphatic rings. The average molecular weight is 407 g/mol. The van der Waals surface area contributed by atoms with Crippen LogP contribution in [-0.2, 0) is 0 Å². The lowest BCUT2D eigenvalue weighted by atomic mass is 9.96. The van der Waals surface area contributed by atoms with E-state index in [1.165, 1.54) is 0 Å². The Balaban J connectivity index is 1.83. The van der Waals surface area contributed by atoms with Crippen LogP contribution in [-0.4, -0.2) is 5.11 Å². The molecule has 26 heavy (non-hydrogen) atoms. The molecule has 5 heteroatoms. The van der Waals surface area contributed by atoms with E-state index in [4.69, 9.17) is 34.8 Å². The Morgan fingerprint density at radius 1 is 0.654 bits per heavy atom. The molecule has 0 radical (unpaired) electrons. The SMILES string of the molecule is OC(CC(Nc1ccc(Cl)cc1)c1ccc(Cl)cc1)c1ccc(Cl)cc1. The smallest absolute Gasteiger partial charge is 0.0813 e. The zero-order valence-corrected chi connectivity index (χ0v) is 16.1. The largest absolute Gasteiger partial charge is 0.388 e. The van der Waals surface area contributed by atoms with E-state index in [1.807, 2.05) is 60.7 Å². The molecule has 3 rings (SSSR count). The molecule has 0 aliphatic heterocycles. The highest BCUT2D eigenvalue weighted by Gasteiger charge is 2.18. The molecule has 0 saturated carbocycles. The van der Waals surface area contributed by atoms with E-state index in [-0.39, 0.29) is 6.04 Å². The summed E-state index contributed by atoms with van der Waals surface area (Å²) in [5.74, 6) is 0. The molecule has 0 bridgehead atoms. The van der Waals surface area contributed by atoms with Gasteiger partial charge in [-0.25, -0.2) is 0 Å². The number of benzene rings is 3. The molecule has 2 nitrogen and oxygen atoms in total. The molecule has 2 atom stereocenters. The molecule has 0 spiro atoms. The number of aliphatic hydroxyl groups excluding tert-OH is 1. The summed E-state index contributed by atoms with van der Waals surface area (Å²) >= 11 is 17.9. The number of hydrogen-bond donors (Lipinski definition) is 2. The van der Waals surface area contributed by atoms with Crippen molar-refractivity contribution >= 4 is 40.5 Å². The van der Waals surface area contributed by atoms with Crippen molar-refractivity contribution < 1.29 is 5.11 Å². The van der Waals surface area contributed by atoms with Gasteiger partial charge in [-0.1, -0.05) is 59.1 Å². The van der Waals surface area contributed by atoms with Crippen molar-refractivity contribution in [1.82, 2.24) is 0 Å². The van der Waals surface area contributed by atoms with Crippen LogP contribution in [0.25, 0.3) is 0 Å². The van der Waals surface area contributed by atoms with Gasteiger partial charge in [0.2, 0.25) is 0 Å². The Bertz CT molecular complexity index is 833. The Labute approximate surface area is 168 Å². The van der Waals surface area contributed by atoms with Crippen LogP contribution in [0.2, 0.25) is 15.1 Å². The number of nitrogens with one attached hydrogen (secondary N) is 1. The predicted octanol–water partition coefficient (Wildman–Crippen LogP) is 6.92. The lowest BCUT2D eigenvalue weighted by Gasteiger charge is -2.24. The lowest BCUT2D eigenvalue weighted by molar-refractivity contribution is 0.160. The van der Waals surface area contributed by atoms with Gasteiger partial charge in [-0.05, 0) is 59.7 Å². The lowest BCUT2D eigenvalue weighted by Crippen LogP contribution is -2.14. The van der Waals surface area contributed by atoms with E-state index in [0.717, 1.165) is 16.8 Å². The highest BCUT2D eigenvalue weighted by atomic mass is 35.5. The van der Waals surface area contributed by atoms with E-state index < -0.39 is 6.10 Å². The highest BCUT2D eigenvalue weighted by molar-refractivity contribution is 6.31. The zero-order chi connectivity index (χ0) is 18.5. The monoisotopic (exact) mass is 405 g/mol. The van der Waals surface area contributed by atoms with E-state index in [9.17, 15) is 5.11 Å². The minimum atomic E-state index is -0.632. The first-order chi connectivity index (χ1) is 12.5. The fraction of sp³-hybridized carbons (Fsp3) is 0.143. The molecule has 0 saturated heterocycles. The van der Waals surface area contributed by atoms with Crippen LogP contribution < -0.4 is 5.32 Å². The molecule has 0 amide bonds. The van der Waals surface area contributed by atoms with Gasteiger partial charge in [-0.2, -0.15) is 0 Å². The predicted molar refractivity (Wildman–Crippen MR) is 110 cm³/mol. The third kappa shape index (κ3) is 5.15. The van der Waals surface area contributed by atoms with Gasteiger partial charge < -0.3 is 10.4 Å². The maximum Gasteiger partial charge on any atom is 0.0813 e. The standard InChI is InChI=1S/C21H18Cl3NO/c22-16-5-1-14(2-6-16)20(25-19-11-9-18(24)10-12-19)13-21(26)15-3-7-17(23)8-4-15/h1-12,20-21,25-26H,13H2.